The Morgan fingerprint density at radius 2 is 1.75 bits per heavy atom. The zero-order chi connectivity index (χ0) is 11.2. The maximum Gasteiger partial charge on any atom is 0.128 e. The van der Waals surface area contributed by atoms with Crippen molar-refractivity contribution < 1.29 is 0 Å². The summed E-state index contributed by atoms with van der Waals surface area (Å²) in [7, 11) is 0. The van der Waals surface area contributed by atoms with E-state index < -0.39 is 0 Å². The lowest BCUT2D eigenvalue weighted by molar-refractivity contribution is 0.845. The molecule has 0 N–H and O–H groups in total. The van der Waals surface area contributed by atoms with Gasteiger partial charge < -0.3 is 4.90 Å². The lowest BCUT2D eigenvalue weighted by Gasteiger charge is -2.21. The van der Waals surface area contributed by atoms with Crippen molar-refractivity contribution in [2.45, 2.75) is 6.54 Å². The second-order valence-electron chi connectivity index (χ2n) is 3.60. The average Bonchev–Trinajstić information content (AvgIpc) is 2.38. The van der Waals surface area contributed by atoms with Crippen LogP contribution in [0.4, 0.5) is 5.82 Å². The fourth-order valence-corrected chi connectivity index (χ4v) is 1.62. The highest BCUT2D eigenvalue weighted by Gasteiger charge is 2.04. The molecule has 2 aromatic rings. The maximum atomic E-state index is 4.33. The first-order chi connectivity index (χ1) is 7.90. The molecule has 2 rings (SSSR count). The predicted octanol–water partition coefficient (Wildman–Crippen LogP) is 2.92. The number of hydrogen-bond donors (Lipinski definition) is 0. The van der Waals surface area contributed by atoms with Gasteiger partial charge >= 0.3 is 0 Å². The van der Waals surface area contributed by atoms with Crippen molar-refractivity contribution >= 4 is 5.82 Å². The van der Waals surface area contributed by atoms with Gasteiger partial charge in [0.1, 0.15) is 5.82 Å². The molecule has 0 fully saturated rings. The van der Waals surface area contributed by atoms with E-state index in [1.807, 2.05) is 30.5 Å². The molecule has 0 spiro atoms. The first kappa shape index (κ1) is 10.7. The monoisotopic (exact) mass is 211 g/mol. The van der Waals surface area contributed by atoms with Gasteiger partial charge in [0.15, 0.2) is 0 Å². The molecule has 81 valence electrons. The van der Waals surface area contributed by atoms with Crippen LogP contribution in [0.25, 0.3) is 0 Å². The van der Waals surface area contributed by atoms with E-state index >= 15 is 0 Å². The molecule has 0 aliphatic rings. The highest BCUT2D eigenvalue weighted by Crippen LogP contribution is 2.12. The molecule has 0 bridgehead atoms. The number of benzene rings is 1. The summed E-state index contributed by atoms with van der Waals surface area (Å²) in [5, 5.41) is 0. The summed E-state index contributed by atoms with van der Waals surface area (Å²) in [6.07, 6.45) is 1.81. The molecule has 1 aromatic carbocycles. The molecule has 0 amide bonds. The second kappa shape index (κ2) is 5.31. The molecule has 1 aromatic heterocycles. The number of aromatic nitrogens is 1. The van der Waals surface area contributed by atoms with E-state index in [-0.39, 0.29) is 0 Å². The van der Waals surface area contributed by atoms with Gasteiger partial charge in [-0.05, 0) is 24.6 Å². The number of pyridine rings is 1. The van der Waals surface area contributed by atoms with Gasteiger partial charge in [0, 0.05) is 19.3 Å². The number of anilines is 1. The lowest BCUT2D eigenvalue weighted by atomic mass is 10.2. The molecule has 0 saturated carbocycles. The normalized spacial score (nSPS) is 10.1. The molecule has 1 heterocycles. The zero-order valence-electron chi connectivity index (χ0n) is 9.21. The van der Waals surface area contributed by atoms with Crippen LogP contribution in [-0.4, -0.2) is 11.5 Å². The van der Waals surface area contributed by atoms with Crippen molar-refractivity contribution in [3.05, 3.63) is 67.2 Å². The molecule has 0 unspecified atom stereocenters. The summed E-state index contributed by atoms with van der Waals surface area (Å²) >= 11 is 0. The van der Waals surface area contributed by atoms with Gasteiger partial charge in [-0.3, -0.25) is 0 Å². The maximum absolute atomic E-state index is 4.33. The number of hydrogen-bond acceptors (Lipinski definition) is 2. The van der Waals surface area contributed by atoms with Crippen molar-refractivity contribution in [2.75, 3.05) is 11.4 Å². The van der Waals surface area contributed by atoms with Crippen LogP contribution in [0, 0.1) is 6.92 Å². The Labute approximate surface area is 96.6 Å². The van der Waals surface area contributed by atoms with Crippen LogP contribution in [0.3, 0.4) is 0 Å². The van der Waals surface area contributed by atoms with Crippen LogP contribution in [-0.2, 0) is 6.54 Å². The molecule has 0 saturated heterocycles. The molecule has 0 aliphatic heterocycles. The summed E-state index contributed by atoms with van der Waals surface area (Å²) in [4.78, 5) is 6.48. The Kier molecular flexibility index (Phi) is 3.54. The largest absolute Gasteiger partial charge is 0.352 e. The molecule has 0 aliphatic carbocycles. The fourth-order valence-electron chi connectivity index (χ4n) is 1.62. The molecule has 2 heteroatoms. The van der Waals surface area contributed by atoms with Crippen molar-refractivity contribution in [1.29, 1.82) is 0 Å². The topological polar surface area (TPSA) is 16.1 Å². The van der Waals surface area contributed by atoms with Crippen molar-refractivity contribution in [1.82, 2.24) is 4.98 Å². The molecular weight excluding hydrogens is 196 g/mol. The molecule has 0 atom stereocenters. The third-order valence-corrected chi connectivity index (χ3v) is 2.46. The summed E-state index contributed by atoms with van der Waals surface area (Å²) in [5.74, 6) is 0.973. The number of rotatable bonds is 4. The lowest BCUT2D eigenvalue weighted by Crippen LogP contribution is -2.22. The number of nitrogens with zero attached hydrogens (tertiary/aromatic N) is 2. The van der Waals surface area contributed by atoms with Crippen LogP contribution >= 0.6 is 0 Å². The van der Waals surface area contributed by atoms with E-state index in [1.54, 1.807) is 0 Å². The van der Waals surface area contributed by atoms with E-state index in [0.29, 0.717) is 6.54 Å². The van der Waals surface area contributed by atoms with Gasteiger partial charge in [-0.15, -0.1) is 0 Å². The van der Waals surface area contributed by atoms with Gasteiger partial charge in [-0.2, -0.15) is 0 Å². The summed E-state index contributed by atoms with van der Waals surface area (Å²) < 4.78 is 0. The zero-order valence-corrected chi connectivity index (χ0v) is 9.21. The molecule has 16 heavy (non-hydrogen) atoms. The fraction of sp³-hybridized carbons (Fsp3) is 0.143. The Bertz CT molecular complexity index is 411. The van der Waals surface area contributed by atoms with E-state index in [2.05, 4.69) is 41.1 Å². The molecule has 2 nitrogen and oxygen atoms in total. The standard InChI is InChI=1S/C14H15N2/c1-2-16(14-10-6-7-11-15-14)12-13-8-4-3-5-9-13/h3-11H,1-2,12H2. The van der Waals surface area contributed by atoms with Gasteiger partial charge in [-0.1, -0.05) is 36.4 Å². The Balaban J connectivity index is 2.13. The first-order valence-electron chi connectivity index (χ1n) is 5.39. The van der Waals surface area contributed by atoms with Crippen LogP contribution in [0.5, 0.6) is 0 Å². The third-order valence-electron chi connectivity index (χ3n) is 2.46. The minimum atomic E-state index is 0.714. The quantitative estimate of drug-likeness (QED) is 0.773. The average molecular weight is 211 g/mol. The second-order valence-corrected chi connectivity index (χ2v) is 3.60. The van der Waals surface area contributed by atoms with Gasteiger partial charge in [-0.25, -0.2) is 4.98 Å². The Hall–Kier alpha value is -1.83. The van der Waals surface area contributed by atoms with Crippen molar-refractivity contribution in [2.24, 2.45) is 0 Å². The highest BCUT2D eigenvalue weighted by atomic mass is 15.2. The van der Waals surface area contributed by atoms with Crippen LogP contribution in [0.1, 0.15) is 5.56 Å². The Morgan fingerprint density at radius 3 is 2.38 bits per heavy atom. The van der Waals surface area contributed by atoms with Crippen LogP contribution in [0.15, 0.2) is 54.7 Å². The van der Waals surface area contributed by atoms with Crippen molar-refractivity contribution in [3.8, 4) is 0 Å². The third kappa shape index (κ3) is 2.60. The van der Waals surface area contributed by atoms with Gasteiger partial charge in [0.05, 0.1) is 0 Å². The van der Waals surface area contributed by atoms with E-state index in [9.17, 15) is 0 Å². The highest BCUT2D eigenvalue weighted by molar-refractivity contribution is 5.39. The molecule has 1 radical (unpaired) electrons. The summed E-state index contributed by atoms with van der Waals surface area (Å²) in [6, 6.07) is 16.3. The van der Waals surface area contributed by atoms with Crippen LogP contribution in [0.2, 0.25) is 0 Å². The predicted molar refractivity (Wildman–Crippen MR) is 67.1 cm³/mol. The smallest absolute Gasteiger partial charge is 0.128 e. The van der Waals surface area contributed by atoms with E-state index in [0.717, 1.165) is 12.4 Å². The minimum Gasteiger partial charge on any atom is -0.352 e. The summed E-state index contributed by atoms with van der Waals surface area (Å²) in [6.45, 7) is 5.51. The van der Waals surface area contributed by atoms with Crippen LogP contribution < -0.4 is 4.90 Å². The van der Waals surface area contributed by atoms with E-state index in [4.69, 9.17) is 0 Å². The SMILES string of the molecule is [CH2]CN(Cc1ccccc1)c1ccccn1. The van der Waals surface area contributed by atoms with Gasteiger partial charge in [0.25, 0.3) is 0 Å². The Morgan fingerprint density at radius 1 is 1.00 bits per heavy atom. The van der Waals surface area contributed by atoms with Gasteiger partial charge in [0.2, 0.25) is 0 Å². The first-order valence-corrected chi connectivity index (χ1v) is 5.39. The minimum absolute atomic E-state index is 0.714. The van der Waals surface area contributed by atoms with Crippen molar-refractivity contribution in [3.63, 3.8) is 0 Å². The van der Waals surface area contributed by atoms with E-state index in [1.165, 1.54) is 5.56 Å². The summed E-state index contributed by atoms with van der Waals surface area (Å²) in [5.41, 5.74) is 1.27. The molecular formula is C14H15N2.